The van der Waals surface area contributed by atoms with Gasteiger partial charge in [0.25, 0.3) is 0 Å². The first kappa shape index (κ1) is 21.2. The molecule has 25 heavy (non-hydrogen) atoms. The fraction of sp³-hybridized carbons (Fsp3) is 0.600. The highest BCUT2D eigenvalue weighted by Crippen LogP contribution is 2.26. The molecule has 2 amide bonds. The Balaban J connectivity index is 2.66. The van der Waals surface area contributed by atoms with E-state index in [9.17, 15) is 9.59 Å². The summed E-state index contributed by atoms with van der Waals surface area (Å²) in [5.41, 5.74) is 2.58. The number of hydrogen-bond donors (Lipinski definition) is 2. The van der Waals surface area contributed by atoms with Gasteiger partial charge in [-0.1, -0.05) is 58.9 Å². The van der Waals surface area contributed by atoms with Gasteiger partial charge in [-0.3, -0.25) is 9.59 Å². The molecule has 140 valence electrons. The lowest BCUT2D eigenvalue weighted by Gasteiger charge is -2.25. The highest BCUT2D eigenvalue weighted by Gasteiger charge is 2.19. The van der Waals surface area contributed by atoms with Crippen LogP contribution in [0.4, 0.5) is 0 Å². The van der Waals surface area contributed by atoms with Gasteiger partial charge in [0, 0.05) is 20.1 Å². The van der Waals surface area contributed by atoms with Crippen molar-refractivity contribution in [1.82, 2.24) is 15.5 Å². The zero-order valence-electron chi connectivity index (χ0n) is 16.6. The van der Waals surface area contributed by atoms with Gasteiger partial charge in [-0.15, -0.1) is 0 Å². The minimum absolute atomic E-state index is 0.0279. The molecule has 5 nitrogen and oxygen atoms in total. The standard InChI is InChI=1S/C20H33N3O2/c1-14(2)19(15-8-10-16(11-9-15)20(3,4)5)22-12-17(24)21-13-18(25)23(6)7/h8-11,14,19,22H,12-13H2,1-7H3,(H,21,24)/t19-/m0/s1. The van der Waals surface area contributed by atoms with E-state index in [4.69, 9.17) is 0 Å². The summed E-state index contributed by atoms with van der Waals surface area (Å²) >= 11 is 0. The number of hydrogen-bond acceptors (Lipinski definition) is 3. The van der Waals surface area contributed by atoms with Crippen LogP contribution in [0.1, 0.15) is 51.8 Å². The van der Waals surface area contributed by atoms with E-state index in [2.05, 4.69) is 69.5 Å². The van der Waals surface area contributed by atoms with Crippen molar-refractivity contribution in [1.29, 1.82) is 0 Å². The lowest BCUT2D eigenvalue weighted by Crippen LogP contribution is -2.41. The number of carbonyl (C=O) groups excluding carboxylic acids is 2. The highest BCUT2D eigenvalue weighted by atomic mass is 16.2. The molecule has 1 aromatic rings. The van der Waals surface area contributed by atoms with Gasteiger partial charge >= 0.3 is 0 Å². The molecule has 0 radical (unpaired) electrons. The maximum atomic E-state index is 12.0. The maximum absolute atomic E-state index is 12.0. The Morgan fingerprint density at radius 3 is 2.04 bits per heavy atom. The molecule has 2 N–H and O–H groups in total. The first-order chi connectivity index (χ1) is 11.5. The Hall–Kier alpha value is -1.88. The van der Waals surface area contributed by atoms with Gasteiger partial charge in [0.2, 0.25) is 11.8 Å². The summed E-state index contributed by atoms with van der Waals surface area (Å²) in [5.74, 6) is 0.0513. The second kappa shape index (κ2) is 8.99. The van der Waals surface area contributed by atoms with Crippen molar-refractivity contribution in [2.45, 2.75) is 46.1 Å². The van der Waals surface area contributed by atoms with E-state index in [0.717, 1.165) is 0 Å². The van der Waals surface area contributed by atoms with Crippen LogP contribution in [0, 0.1) is 5.92 Å². The second-order valence-corrected chi connectivity index (χ2v) is 8.04. The highest BCUT2D eigenvalue weighted by molar-refractivity contribution is 5.85. The fourth-order valence-electron chi connectivity index (χ4n) is 2.53. The van der Waals surface area contributed by atoms with Crippen molar-refractivity contribution in [2.24, 2.45) is 5.92 Å². The smallest absolute Gasteiger partial charge is 0.241 e. The summed E-state index contributed by atoms with van der Waals surface area (Å²) in [6.45, 7) is 11.1. The molecule has 0 heterocycles. The molecule has 0 saturated heterocycles. The Kier molecular flexibility index (Phi) is 7.61. The normalized spacial score (nSPS) is 12.8. The summed E-state index contributed by atoms with van der Waals surface area (Å²) in [5, 5.41) is 5.96. The predicted molar refractivity (Wildman–Crippen MR) is 102 cm³/mol. The monoisotopic (exact) mass is 347 g/mol. The molecule has 0 aliphatic heterocycles. The van der Waals surface area contributed by atoms with Gasteiger partial charge in [0.15, 0.2) is 0 Å². The van der Waals surface area contributed by atoms with Crippen molar-refractivity contribution >= 4 is 11.8 Å². The number of rotatable bonds is 7. The van der Waals surface area contributed by atoms with Gasteiger partial charge in [-0.2, -0.15) is 0 Å². The van der Waals surface area contributed by atoms with Crippen molar-refractivity contribution in [3.8, 4) is 0 Å². The molecule has 1 aromatic carbocycles. The molecule has 5 heteroatoms. The molecule has 0 saturated carbocycles. The quantitative estimate of drug-likeness (QED) is 0.796. The maximum Gasteiger partial charge on any atom is 0.241 e. The van der Waals surface area contributed by atoms with Crippen LogP contribution in [0.25, 0.3) is 0 Å². The summed E-state index contributed by atoms with van der Waals surface area (Å²) in [6.07, 6.45) is 0. The number of carbonyl (C=O) groups is 2. The third kappa shape index (κ3) is 6.86. The number of benzene rings is 1. The third-order valence-corrected chi connectivity index (χ3v) is 4.22. The number of nitrogens with one attached hydrogen (secondary N) is 2. The first-order valence-electron chi connectivity index (χ1n) is 8.83. The van der Waals surface area contributed by atoms with Gasteiger partial charge < -0.3 is 15.5 Å². The van der Waals surface area contributed by atoms with Crippen LogP contribution >= 0.6 is 0 Å². The molecular weight excluding hydrogens is 314 g/mol. The van der Waals surface area contributed by atoms with Crippen molar-refractivity contribution in [3.63, 3.8) is 0 Å². The molecule has 0 spiro atoms. The molecule has 0 fully saturated rings. The minimum Gasteiger partial charge on any atom is -0.347 e. The number of likely N-dealkylation sites (N-methyl/N-ethyl adjacent to an activating group) is 1. The molecule has 0 aliphatic rings. The van der Waals surface area contributed by atoms with Crippen LogP contribution in [-0.2, 0) is 15.0 Å². The van der Waals surface area contributed by atoms with E-state index >= 15 is 0 Å². The Morgan fingerprint density at radius 1 is 1.04 bits per heavy atom. The van der Waals surface area contributed by atoms with Gasteiger partial charge in [0.1, 0.15) is 0 Å². The average molecular weight is 348 g/mol. The van der Waals surface area contributed by atoms with Crippen molar-refractivity contribution in [2.75, 3.05) is 27.2 Å². The van der Waals surface area contributed by atoms with E-state index in [-0.39, 0.29) is 36.4 Å². The van der Waals surface area contributed by atoms with Gasteiger partial charge in [0.05, 0.1) is 13.1 Å². The predicted octanol–water partition coefficient (Wildman–Crippen LogP) is 2.48. The topological polar surface area (TPSA) is 61.4 Å². The van der Waals surface area contributed by atoms with Crippen LogP contribution in [0.15, 0.2) is 24.3 Å². The Morgan fingerprint density at radius 2 is 1.60 bits per heavy atom. The molecule has 1 atom stereocenters. The summed E-state index contributed by atoms with van der Waals surface area (Å²) in [7, 11) is 3.34. The first-order valence-corrected chi connectivity index (χ1v) is 8.83. The van der Waals surface area contributed by atoms with Gasteiger partial charge in [-0.25, -0.2) is 0 Å². The SMILES string of the molecule is CC(C)[C@H](NCC(=O)NCC(=O)N(C)C)c1ccc(C(C)(C)C)cc1. The Bertz CT molecular complexity index is 572. The minimum atomic E-state index is -0.174. The molecule has 0 unspecified atom stereocenters. The second-order valence-electron chi connectivity index (χ2n) is 8.04. The van der Waals surface area contributed by atoms with Crippen molar-refractivity contribution in [3.05, 3.63) is 35.4 Å². The molecule has 0 aromatic heterocycles. The largest absolute Gasteiger partial charge is 0.347 e. The summed E-state index contributed by atoms with van der Waals surface area (Å²) in [4.78, 5) is 24.9. The average Bonchev–Trinajstić information content (AvgIpc) is 2.51. The summed E-state index contributed by atoms with van der Waals surface area (Å²) < 4.78 is 0. The van der Waals surface area contributed by atoms with E-state index < -0.39 is 0 Å². The lowest BCUT2D eigenvalue weighted by atomic mass is 9.85. The molecule has 0 aliphatic carbocycles. The molecular formula is C20H33N3O2. The zero-order valence-corrected chi connectivity index (χ0v) is 16.6. The summed E-state index contributed by atoms with van der Waals surface area (Å²) in [6, 6.07) is 8.66. The Labute approximate surface area is 152 Å². The van der Waals surface area contributed by atoms with Crippen LogP contribution in [0.3, 0.4) is 0 Å². The van der Waals surface area contributed by atoms with E-state index in [0.29, 0.717) is 5.92 Å². The van der Waals surface area contributed by atoms with Crippen LogP contribution in [0.2, 0.25) is 0 Å². The van der Waals surface area contributed by atoms with E-state index in [1.165, 1.54) is 16.0 Å². The van der Waals surface area contributed by atoms with Crippen LogP contribution in [-0.4, -0.2) is 43.9 Å². The van der Waals surface area contributed by atoms with E-state index in [1.54, 1.807) is 14.1 Å². The number of amides is 2. The van der Waals surface area contributed by atoms with Crippen molar-refractivity contribution < 1.29 is 9.59 Å². The molecule has 0 bridgehead atoms. The van der Waals surface area contributed by atoms with Crippen LogP contribution < -0.4 is 10.6 Å². The number of nitrogens with zero attached hydrogens (tertiary/aromatic N) is 1. The zero-order chi connectivity index (χ0) is 19.2. The fourth-order valence-corrected chi connectivity index (χ4v) is 2.53. The van der Waals surface area contributed by atoms with Crippen LogP contribution in [0.5, 0.6) is 0 Å². The molecule has 1 rings (SSSR count). The third-order valence-electron chi connectivity index (χ3n) is 4.22. The van der Waals surface area contributed by atoms with E-state index in [1.807, 2.05) is 0 Å². The lowest BCUT2D eigenvalue weighted by molar-refractivity contribution is -0.130. The van der Waals surface area contributed by atoms with Gasteiger partial charge in [-0.05, 0) is 22.5 Å².